The van der Waals surface area contributed by atoms with E-state index in [2.05, 4.69) is 10.6 Å². The zero-order chi connectivity index (χ0) is 17.6. The molecule has 128 valence electrons. The molecule has 0 saturated heterocycles. The molecular formula is C17H16ClF3N2O. The number of carbonyl (C=O) groups excluding carboxylic acids is 1. The van der Waals surface area contributed by atoms with Crippen molar-refractivity contribution in [1.82, 2.24) is 5.32 Å². The SMILES string of the molecule is O=C(CCNc1ccc(C(F)(F)F)cc1)NCc1ccccc1Cl. The van der Waals surface area contributed by atoms with Crippen molar-refractivity contribution in [3.63, 3.8) is 0 Å². The quantitative estimate of drug-likeness (QED) is 0.801. The molecule has 0 spiro atoms. The molecular weight excluding hydrogens is 341 g/mol. The van der Waals surface area contributed by atoms with Crippen molar-refractivity contribution in [2.24, 2.45) is 0 Å². The monoisotopic (exact) mass is 356 g/mol. The Balaban J connectivity index is 1.74. The summed E-state index contributed by atoms with van der Waals surface area (Å²) in [5.74, 6) is -0.172. The van der Waals surface area contributed by atoms with Crippen LogP contribution in [0, 0.1) is 0 Å². The van der Waals surface area contributed by atoms with E-state index in [-0.39, 0.29) is 12.3 Å². The third-order valence-corrected chi connectivity index (χ3v) is 3.70. The van der Waals surface area contributed by atoms with Crippen LogP contribution in [0.2, 0.25) is 5.02 Å². The van der Waals surface area contributed by atoms with Gasteiger partial charge in [0.2, 0.25) is 5.91 Å². The molecule has 2 aromatic rings. The van der Waals surface area contributed by atoms with Crippen LogP contribution >= 0.6 is 11.6 Å². The Morgan fingerprint density at radius 1 is 1.04 bits per heavy atom. The number of amides is 1. The summed E-state index contributed by atoms with van der Waals surface area (Å²) in [5, 5.41) is 6.24. The van der Waals surface area contributed by atoms with Gasteiger partial charge in [-0.1, -0.05) is 29.8 Å². The van der Waals surface area contributed by atoms with Crippen LogP contribution in [0.25, 0.3) is 0 Å². The van der Waals surface area contributed by atoms with Crippen LogP contribution in [-0.2, 0) is 17.5 Å². The fourth-order valence-electron chi connectivity index (χ4n) is 2.02. The van der Waals surface area contributed by atoms with Crippen LogP contribution in [0.1, 0.15) is 17.5 Å². The Kier molecular flexibility index (Phi) is 6.09. The van der Waals surface area contributed by atoms with Crippen molar-refractivity contribution in [1.29, 1.82) is 0 Å². The maximum absolute atomic E-state index is 12.4. The summed E-state index contributed by atoms with van der Waals surface area (Å²) in [6.45, 7) is 0.651. The van der Waals surface area contributed by atoms with Gasteiger partial charge in [0.1, 0.15) is 0 Å². The van der Waals surface area contributed by atoms with Crippen molar-refractivity contribution in [2.75, 3.05) is 11.9 Å². The molecule has 0 atom stereocenters. The normalized spacial score (nSPS) is 11.2. The number of halogens is 4. The van der Waals surface area contributed by atoms with E-state index in [1.807, 2.05) is 18.2 Å². The van der Waals surface area contributed by atoms with Gasteiger partial charge in [-0.2, -0.15) is 13.2 Å². The van der Waals surface area contributed by atoms with E-state index in [4.69, 9.17) is 11.6 Å². The zero-order valence-electron chi connectivity index (χ0n) is 12.7. The first-order valence-electron chi connectivity index (χ1n) is 7.27. The predicted molar refractivity (Wildman–Crippen MR) is 87.8 cm³/mol. The Morgan fingerprint density at radius 3 is 2.33 bits per heavy atom. The minimum Gasteiger partial charge on any atom is -0.385 e. The van der Waals surface area contributed by atoms with Crippen LogP contribution in [0.4, 0.5) is 18.9 Å². The van der Waals surface area contributed by atoms with Gasteiger partial charge in [-0.3, -0.25) is 4.79 Å². The molecule has 2 N–H and O–H groups in total. The molecule has 2 aromatic carbocycles. The summed E-state index contributed by atoms with van der Waals surface area (Å²) in [7, 11) is 0. The third kappa shape index (κ3) is 5.45. The number of nitrogens with one attached hydrogen (secondary N) is 2. The molecule has 0 aliphatic rings. The van der Waals surface area contributed by atoms with Crippen molar-refractivity contribution >= 4 is 23.2 Å². The van der Waals surface area contributed by atoms with Crippen molar-refractivity contribution in [2.45, 2.75) is 19.1 Å². The maximum atomic E-state index is 12.4. The van der Waals surface area contributed by atoms with Gasteiger partial charge < -0.3 is 10.6 Å². The van der Waals surface area contributed by atoms with E-state index < -0.39 is 11.7 Å². The van der Waals surface area contributed by atoms with Crippen molar-refractivity contribution < 1.29 is 18.0 Å². The summed E-state index contributed by atoms with van der Waals surface area (Å²) in [4.78, 5) is 11.8. The van der Waals surface area contributed by atoms with Crippen LogP contribution in [-0.4, -0.2) is 12.5 Å². The minimum absolute atomic E-state index is 0.172. The Morgan fingerprint density at radius 2 is 1.71 bits per heavy atom. The second kappa shape index (κ2) is 8.06. The molecule has 0 aliphatic carbocycles. The van der Waals surface area contributed by atoms with Gasteiger partial charge in [0, 0.05) is 30.2 Å². The molecule has 0 unspecified atom stereocenters. The lowest BCUT2D eigenvalue weighted by atomic mass is 10.2. The largest absolute Gasteiger partial charge is 0.416 e. The Labute approximate surface area is 142 Å². The number of alkyl halides is 3. The molecule has 1 amide bonds. The number of hydrogen-bond donors (Lipinski definition) is 2. The molecule has 0 saturated carbocycles. The number of hydrogen-bond acceptors (Lipinski definition) is 2. The van der Waals surface area contributed by atoms with E-state index in [9.17, 15) is 18.0 Å². The van der Waals surface area contributed by atoms with Crippen molar-refractivity contribution in [3.8, 4) is 0 Å². The van der Waals surface area contributed by atoms with E-state index in [1.165, 1.54) is 12.1 Å². The van der Waals surface area contributed by atoms with Crippen LogP contribution in [0.15, 0.2) is 48.5 Å². The average molecular weight is 357 g/mol. The van der Waals surface area contributed by atoms with Crippen LogP contribution < -0.4 is 10.6 Å². The van der Waals surface area contributed by atoms with Crippen LogP contribution in [0.3, 0.4) is 0 Å². The molecule has 0 aliphatic heterocycles. The second-order valence-electron chi connectivity index (χ2n) is 5.12. The topological polar surface area (TPSA) is 41.1 Å². The Hall–Kier alpha value is -2.21. The zero-order valence-corrected chi connectivity index (χ0v) is 13.4. The lowest BCUT2D eigenvalue weighted by Gasteiger charge is -2.10. The fourth-order valence-corrected chi connectivity index (χ4v) is 2.22. The lowest BCUT2D eigenvalue weighted by molar-refractivity contribution is -0.137. The van der Waals surface area contributed by atoms with Gasteiger partial charge in [0.15, 0.2) is 0 Å². The summed E-state index contributed by atoms with van der Waals surface area (Å²) in [6, 6.07) is 11.9. The highest BCUT2D eigenvalue weighted by molar-refractivity contribution is 6.31. The lowest BCUT2D eigenvalue weighted by Crippen LogP contribution is -2.25. The minimum atomic E-state index is -4.35. The predicted octanol–water partition coefficient (Wildman–Crippen LogP) is 4.48. The highest BCUT2D eigenvalue weighted by Gasteiger charge is 2.29. The molecule has 24 heavy (non-hydrogen) atoms. The maximum Gasteiger partial charge on any atom is 0.416 e. The highest BCUT2D eigenvalue weighted by Crippen LogP contribution is 2.29. The molecule has 0 bridgehead atoms. The first kappa shape index (κ1) is 18.1. The molecule has 0 aromatic heterocycles. The fraction of sp³-hybridized carbons (Fsp3) is 0.235. The molecule has 0 radical (unpaired) electrons. The first-order valence-corrected chi connectivity index (χ1v) is 7.65. The second-order valence-corrected chi connectivity index (χ2v) is 5.53. The summed E-state index contributed by atoms with van der Waals surface area (Å²) in [6.07, 6.45) is -4.15. The summed E-state index contributed by atoms with van der Waals surface area (Å²) >= 11 is 5.99. The highest BCUT2D eigenvalue weighted by atomic mass is 35.5. The smallest absolute Gasteiger partial charge is 0.385 e. The third-order valence-electron chi connectivity index (χ3n) is 3.33. The number of rotatable bonds is 6. The Bertz CT molecular complexity index is 687. The van der Waals surface area contributed by atoms with Gasteiger partial charge in [-0.05, 0) is 35.9 Å². The summed E-state index contributed by atoms with van der Waals surface area (Å²) < 4.78 is 37.3. The van der Waals surface area contributed by atoms with Gasteiger partial charge in [0.05, 0.1) is 5.56 Å². The van der Waals surface area contributed by atoms with Crippen LogP contribution in [0.5, 0.6) is 0 Å². The number of anilines is 1. The summed E-state index contributed by atoms with van der Waals surface area (Å²) in [5.41, 5.74) is 0.649. The van der Waals surface area contributed by atoms with Gasteiger partial charge in [0.25, 0.3) is 0 Å². The molecule has 0 fully saturated rings. The van der Waals surface area contributed by atoms with E-state index in [1.54, 1.807) is 6.07 Å². The van der Waals surface area contributed by atoms with Gasteiger partial charge >= 0.3 is 6.18 Å². The van der Waals surface area contributed by atoms with E-state index >= 15 is 0 Å². The number of benzene rings is 2. The van der Waals surface area contributed by atoms with Gasteiger partial charge in [-0.15, -0.1) is 0 Å². The van der Waals surface area contributed by atoms with E-state index in [0.29, 0.717) is 23.8 Å². The first-order chi connectivity index (χ1) is 11.4. The molecule has 2 rings (SSSR count). The van der Waals surface area contributed by atoms with E-state index in [0.717, 1.165) is 17.7 Å². The molecule has 0 heterocycles. The van der Waals surface area contributed by atoms with Crippen molar-refractivity contribution in [3.05, 3.63) is 64.7 Å². The van der Waals surface area contributed by atoms with Gasteiger partial charge in [-0.25, -0.2) is 0 Å². The average Bonchev–Trinajstić information content (AvgIpc) is 2.54. The number of carbonyl (C=O) groups is 1. The standard InChI is InChI=1S/C17H16ClF3N2O/c18-15-4-2-1-3-12(15)11-23-16(24)9-10-22-14-7-5-13(6-8-14)17(19,20)21/h1-8,22H,9-11H2,(H,23,24). The molecule has 7 heteroatoms. The molecule has 3 nitrogen and oxygen atoms in total.